The Hall–Kier alpha value is -2.35. The lowest BCUT2D eigenvalue weighted by Crippen LogP contribution is -2.23. The van der Waals surface area contributed by atoms with Crippen LogP contribution in [0.5, 0.6) is 0 Å². The van der Waals surface area contributed by atoms with E-state index >= 15 is 0 Å². The number of pyridine rings is 1. The van der Waals surface area contributed by atoms with Crippen LogP contribution in [-0.4, -0.2) is 43.1 Å². The maximum atomic E-state index is 13.2. The van der Waals surface area contributed by atoms with E-state index in [1.165, 1.54) is 24.3 Å². The van der Waals surface area contributed by atoms with Gasteiger partial charge in [-0.05, 0) is 35.4 Å². The number of benzene rings is 1. The van der Waals surface area contributed by atoms with Crippen molar-refractivity contribution in [1.82, 2.24) is 4.98 Å². The summed E-state index contributed by atoms with van der Waals surface area (Å²) in [7, 11) is -3.31. The van der Waals surface area contributed by atoms with Crippen LogP contribution in [0.1, 0.15) is 11.3 Å². The zero-order valence-electron chi connectivity index (χ0n) is 14.1. The Morgan fingerprint density at radius 3 is 2.12 bits per heavy atom. The second-order valence-corrected chi connectivity index (χ2v) is 8.34. The van der Waals surface area contributed by atoms with E-state index in [0.29, 0.717) is 22.4 Å². The van der Waals surface area contributed by atoms with E-state index in [4.69, 9.17) is 0 Å². The van der Waals surface area contributed by atoms with Gasteiger partial charge in [0.25, 0.3) is 0 Å². The van der Waals surface area contributed by atoms with Gasteiger partial charge in [0.05, 0.1) is 35.4 Å². The van der Waals surface area contributed by atoms with Gasteiger partial charge in [-0.15, -0.1) is 0 Å². The van der Waals surface area contributed by atoms with Gasteiger partial charge in [0.1, 0.15) is 5.82 Å². The summed E-state index contributed by atoms with van der Waals surface area (Å²) in [5, 5.41) is 19.5. The fourth-order valence-electron chi connectivity index (χ4n) is 2.87. The molecule has 0 amide bonds. The molecule has 0 radical (unpaired) electrons. The minimum absolute atomic E-state index is 0.195. The highest BCUT2D eigenvalue weighted by atomic mass is 32.2. The predicted molar refractivity (Wildman–Crippen MR) is 96.3 cm³/mol. The highest BCUT2D eigenvalue weighted by Gasteiger charge is 2.33. The zero-order valence-corrected chi connectivity index (χ0v) is 14.9. The number of aliphatic hydroxyl groups is 2. The predicted octanol–water partition coefficient (Wildman–Crippen LogP) is 2.08. The van der Waals surface area contributed by atoms with Crippen LogP contribution in [0.2, 0.25) is 0 Å². The van der Waals surface area contributed by atoms with Crippen molar-refractivity contribution in [1.29, 1.82) is 0 Å². The van der Waals surface area contributed by atoms with Crippen LogP contribution in [-0.2, 0) is 9.84 Å². The van der Waals surface area contributed by atoms with E-state index in [2.05, 4.69) is 4.98 Å². The average Bonchev–Trinajstić information content (AvgIpc) is 3.02. The summed E-state index contributed by atoms with van der Waals surface area (Å²) in [6, 6.07) is 9.11. The third-order valence-corrected chi connectivity index (χ3v) is 5.47. The second-order valence-electron chi connectivity index (χ2n) is 6.32. The molecule has 1 aromatic carbocycles. The average molecular weight is 375 g/mol. The van der Waals surface area contributed by atoms with Crippen LogP contribution in [0.3, 0.4) is 0 Å². The third kappa shape index (κ3) is 3.46. The number of aliphatic hydroxyl groups excluding tert-OH is 2. The number of allylic oxidation sites excluding steroid dienone is 2. The molecule has 3 rings (SSSR count). The van der Waals surface area contributed by atoms with Crippen LogP contribution in [0.4, 0.5) is 4.39 Å². The highest BCUT2D eigenvalue weighted by molar-refractivity contribution is 7.90. The van der Waals surface area contributed by atoms with Crippen molar-refractivity contribution in [3.8, 4) is 0 Å². The monoisotopic (exact) mass is 375 g/mol. The molecular weight excluding hydrogens is 357 g/mol. The van der Waals surface area contributed by atoms with E-state index < -0.39 is 21.1 Å². The summed E-state index contributed by atoms with van der Waals surface area (Å²) in [5.41, 5.74) is 1.57. The van der Waals surface area contributed by atoms with Gasteiger partial charge >= 0.3 is 0 Å². The van der Waals surface area contributed by atoms with Gasteiger partial charge in [-0.1, -0.05) is 24.3 Å². The van der Waals surface area contributed by atoms with Crippen LogP contribution in [0.25, 0.3) is 11.1 Å². The first-order valence-electron chi connectivity index (χ1n) is 7.88. The van der Waals surface area contributed by atoms with Gasteiger partial charge in [-0.25, -0.2) is 12.8 Å². The lowest BCUT2D eigenvalue weighted by atomic mass is 9.92. The molecule has 2 N–H and O–H groups in total. The zero-order chi connectivity index (χ0) is 18.9. The Labute approximate surface area is 151 Å². The maximum absolute atomic E-state index is 13.2. The van der Waals surface area contributed by atoms with Crippen LogP contribution >= 0.6 is 0 Å². The first-order valence-corrected chi connectivity index (χ1v) is 9.77. The fourth-order valence-corrected chi connectivity index (χ4v) is 3.50. The summed E-state index contributed by atoms with van der Waals surface area (Å²) in [5.74, 6) is -0.467. The Kier molecular flexibility index (Phi) is 4.79. The second kappa shape index (κ2) is 6.75. The lowest BCUT2D eigenvalue weighted by molar-refractivity contribution is 0.131. The van der Waals surface area contributed by atoms with E-state index in [0.717, 1.165) is 12.5 Å². The Morgan fingerprint density at radius 2 is 1.62 bits per heavy atom. The van der Waals surface area contributed by atoms with E-state index in [9.17, 15) is 23.0 Å². The molecule has 1 aliphatic carbocycles. The molecule has 7 heteroatoms. The molecule has 0 atom stereocenters. The van der Waals surface area contributed by atoms with Gasteiger partial charge in [-0.3, -0.25) is 4.98 Å². The normalized spacial score (nSPS) is 16.3. The summed E-state index contributed by atoms with van der Waals surface area (Å²) in [4.78, 5) is 4.28. The highest BCUT2D eigenvalue weighted by Crippen LogP contribution is 2.43. The molecule has 0 saturated carbocycles. The molecule has 5 nitrogen and oxygen atoms in total. The van der Waals surface area contributed by atoms with Gasteiger partial charge in [0, 0.05) is 11.8 Å². The molecule has 0 unspecified atom stereocenters. The number of nitrogens with zero attached hydrogens (tertiary/aromatic N) is 1. The van der Waals surface area contributed by atoms with Crippen molar-refractivity contribution >= 4 is 21.0 Å². The molecule has 0 spiro atoms. The molecular formula is C19H18FNO4S. The van der Waals surface area contributed by atoms with E-state index in [1.807, 2.05) is 0 Å². The summed E-state index contributed by atoms with van der Waals surface area (Å²) >= 11 is 0. The summed E-state index contributed by atoms with van der Waals surface area (Å²) < 4.78 is 36.5. The van der Waals surface area contributed by atoms with Crippen LogP contribution in [0.15, 0.2) is 59.6 Å². The summed E-state index contributed by atoms with van der Waals surface area (Å²) in [6.45, 7) is -0.613. The molecule has 1 heterocycles. The number of hydrogen-bond donors (Lipinski definition) is 2. The number of halogens is 1. The van der Waals surface area contributed by atoms with Crippen molar-refractivity contribution in [3.63, 3.8) is 0 Å². The quantitative estimate of drug-likeness (QED) is 0.835. The minimum Gasteiger partial charge on any atom is -0.395 e. The molecule has 0 aliphatic heterocycles. The molecule has 1 aromatic heterocycles. The Morgan fingerprint density at radius 1 is 1.00 bits per heavy atom. The van der Waals surface area contributed by atoms with Gasteiger partial charge < -0.3 is 10.2 Å². The smallest absolute Gasteiger partial charge is 0.175 e. The molecule has 2 aromatic rings. The third-order valence-electron chi connectivity index (χ3n) is 4.34. The van der Waals surface area contributed by atoms with Gasteiger partial charge in [0.15, 0.2) is 9.84 Å². The number of rotatable bonds is 5. The van der Waals surface area contributed by atoms with E-state index in [1.54, 1.807) is 24.3 Å². The first kappa shape index (κ1) is 18.4. The van der Waals surface area contributed by atoms with Crippen LogP contribution < -0.4 is 0 Å². The minimum atomic E-state index is -3.31. The Balaban J connectivity index is 2.10. The number of sulfone groups is 1. The maximum Gasteiger partial charge on any atom is 0.175 e. The Bertz CT molecular complexity index is 973. The topological polar surface area (TPSA) is 87.5 Å². The van der Waals surface area contributed by atoms with Crippen molar-refractivity contribution < 1.29 is 23.0 Å². The molecule has 26 heavy (non-hydrogen) atoms. The van der Waals surface area contributed by atoms with Gasteiger partial charge in [-0.2, -0.15) is 0 Å². The van der Waals surface area contributed by atoms with Crippen molar-refractivity contribution in [2.75, 3.05) is 19.5 Å². The molecule has 0 saturated heterocycles. The fraction of sp³-hybridized carbons (Fsp3) is 0.211. The van der Waals surface area contributed by atoms with Gasteiger partial charge in [0.2, 0.25) is 0 Å². The molecule has 0 fully saturated rings. The molecule has 0 bridgehead atoms. The molecule has 136 valence electrons. The SMILES string of the molecule is CS(=O)(=O)c1ccc(C2=CC(CO)(CO)C=C2c2ccc(F)cn2)cc1. The lowest BCUT2D eigenvalue weighted by Gasteiger charge is -2.18. The number of hydrogen-bond acceptors (Lipinski definition) is 5. The standard InChI is InChI=1S/C19H18FNO4S/c1-26(24,25)15-5-2-13(3-6-15)16-8-19(11-22,12-23)9-17(16)18-7-4-14(20)10-21-18/h2-10,22-23H,11-12H2,1H3. The first-order chi connectivity index (χ1) is 12.3. The van der Waals surface area contributed by atoms with Crippen molar-refractivity contribution in [2.24, 2.45) is 5.41 Å². The molecule has 1 aliphatic rings. The van der Waals surface area contributed by atoms with E-state index in [-0.39, 0.29) is 18.1 Å². The van der Waals surface area contributed by atoms with Crippen LogP contribution in [0, 0.1) is 11.2 Å². The largest absolute Gasteiger partial charge is 0.395 e. The van der Waals surface area contributed by atoms with Crippen molar-refractivity contribution in [2.45, 2.75) is 4.90 Å². The summed E-state index contributed by atoms with van der Waals surface area (Å²) in [6.07, 6.45) is 5.65. The van der Waals surface area contributed by atoms with Crippen molar-refractivity contribution in [3.05, 3.63) is 71.8 Å². The number of aromatic nitrogens is 1.